The van der Waals surface area contributed by atoms with E-state index in [2.05, 4.69) is 15.7 Å². The number of hydrogen-bond acceptors (Lipinski definition) is 2. The van der Waals surface area contributed by atoms with Gasteiger partial charge in [-0.05, 0) is 50.7 Å². The fourth-order valence-electron chi connectivity index (χ4n) is 2.92. The maximum absolute atomic E-state index is 14.0. The molecule has 0 saturated carbocycles. The summed E-state index contributed by atoms with van der Waals surface area (Å²) in [6, 6.07) is 5.28. The summed E-state index contributed by atoms with van der Waals surface area (Å²) in [4.78, 5) is 0. The largest absolute Gasteiger partial charge is 0.332 e. The van der Waals surface area contributed by atoms with Crippen LogP contribution in [-0.2, 0) is 6.54 Å². The number of halogens is 6. The molecule has 2 aromatic carbocycles. The summed E-state index contributed by atoms with van der Waals surface area (Å²) in [5.74, 6) is -10.0. The van der Waals surface area contributed by atoms with Crippen molar-refractivity contribution in [3.63, 3.8) is 0 Å². The second kappa shape index (κ2) is 8.80. The number of anilines is 2. The Balaban J connectivity index is 1.84. The normalized spacial score (nSPS) is 11.0. The first-order chi connectivity index (χ1) is 14.5. The lowest BCUT2D eigenvalue weighted by Crippen LogP contribution is -2.20. The molecule has 3 aromatic rings. The average Bonchev–Trinajstić information content (AvgIpc) is 2.98. The van der Waals surface area contributed by atoms with E-state index < -0.39 is 41.2 Å². The van der Waals surface area contributed by atoms with Crippen LogP contribution in [0.1, 0.15) is 22.5 Å². The average molecular weight is 475 g/mol. The summed E-state index contributed by atoms with van der Waals surface area (Å²) in [5.41, 5.74) is 1.77. The Morgan fingerprint density at radius 3 is 2.13 bits per heavy atom. The minimum atomic E-state index is -2.21. The molecule has 1 heterocycles. The first-order valence-electron chi connectivity index (χ1n) is 8.89. The predicted octanol–water partition coefficient (Wildman–Crippen LogP) is 6.01. The van der Waals surface area contributed by atoms with Crippen molar-refractivity contribution in [1.82, 2.24) is 9.78 Å². The molecule has 0 aliphatic heterocycles. The fourth-order valence-corrected chi connectivity index (χ4v) is 3.32. The first-order valence-corrected chi connectivity index (χ1v) is 9.68. The van der Waals surface area contributed by atoms with Gasteiger partial charge in [0.25, 0.3) is 0 Å². The fraction of sp³-hybridized carbons (Fsp3) is 0.200. The van der Waals surface area contributed by atoms with Gasteiger partial charge in [-0.2, -0.15) is 5.10 Å². The third kappa shape index (κ3) is 4.49. The number of nitrogens with zero attached hydrogens (tertiary/aromatic N) is 2. The van der Waals surface area contributed by atoms with Crippen molar-refractivity contribution in [2.24, 2.45) is 0 Å². The molecule has 11 heteroatoms. The molecule has 31 heavy (non-hydrogen) atoms. The van der Waals surface area contributed by atoms with Crippen LogP contribution in [0.25, 0.3) is 0 Å². The molecule has 4 nitrogen and oxygen atoms in total. The third-order valence-electron chi connectivity index (χ3n) is 4.66. The Labute approximate surface area is 185 Å². The van der Waals surface area contributed by atoms with Crippen molar-refractivity contribution < 1.29 is 22.0 Å². The van der Waals surface area contributed by atoms with Crippen LogP contribution in [0.5, 0.6) is 0 Å². The second-order valence-electron chi connectivity index (χ2n) is 6.80. The van der Waals surface area contributed by atoms with Crippen molar-refractivity contribution in [3.05, 3.63) is 74.8 Å². The van der Waals surface area contributed by atoms with Gasteiger partial charge in [0.2, 0.25) is 5.82 Å². The molecule has 0 bridgehead atoms. The lowest BCUT2D eigenvalue weighted by Gasteiger charge is -2.12. The van der Waals surface area contributed by atoms with E-state index >= 15 is 0 Å². The molecule has 0 aliphatic rings. The number of aromatic nitrogens is 2. The van der Waals surface area contributed by atoms with Crippen molar-refractivity contribution in [2.45, 2.75) is 27.3 Å². The molecule has 3 rings (SSSR count). The maximum atomic E-state index is 14.0. The zero-order valence-electron chi connectivity index (χ0n) is 16.5. The summed E-state index contributed by atoms with van der Waals surface area (Å²) in [5, 5.41) is 10.8. The SMILES string of the molecule is Cc1ccc(NC(=S)Nc2c(C)nn(Cc3c(F)c(F)c(F)c(F)c3F)c2C)cc1Cl. The van der Waals surface area contributed by atoms with Gasteiger partial charge in [0.1, 0.15) is 0 Å². The summed E-state index contributed by atoms with van der Waals surface area (Å²) in [6.45, 7) is 4.37. The quantitative estimate of drug-likeness (QED) is 0.210. The van der Waals surface area contributed by atoms with E-state index in [1.54, 1.807) is 26.0 Å². The number of benzene rings is 2. The highest BCUT2D eigenvalue weighted by atomic mass is 35.5. The highest BCUT2D eigenvalue weighted by Crippen LogP contribution is 2.26. The van der Waals surface area contributed by atoms with Gasteiger partial charge in [-0.1, -0.05) is 17.7 Å². The van der Waals surface area contributed by atoms with E-state index in [0.717, 1.165) is 10.2 Å². The number of nitrogens with one attached hydrogen (secondary N) is 2. The van der Waals surface area contributed by atoms with Crippen LogP contribution in [0, 0.1) is 49.9 Å². The standard InChI is InChI=1S/C20H16ClF5N4S/c1-8-4-5-11(6-13(8)21)27-20(31)28-19-9(2)29-30(10(19)3)7-12-14(22)16(24)18(26)17(25)15(12)23/h4-6H,7H2,1-3H3,(H2,27,28,31). The minimum Gasteiger partial charge on any atom is -0.332 e. The van der Waals surface area contributed by atoms with Gasteiger partial charge in [-0.25, -0.2) is 22.0 Å². The van der Waals surface area contributed by atoms with Crippen molar-refractivity contribution in [1.29, 1.82) is 0 Å². The lowest BCUT2D eigenvalue weighted by molar-refractivity contribution is 0.366. The van der Waals surface area contributed by atoms with Crippen LogP contribution in [0.15, 0.2) is 18.2 Å². The van der Waals surface area contributed by atoms with Crippen LogP contribution in [-0.4, -0.2) is 14.9 Å². The molecule has 1 aromatic heterocycles. The first kappa shape index (κ1) is 23.0. The highest BCUT2D eigenvalue weighted by molar-refractivity contribution is 7.80. The van der Waals surface area contributed by atoms with Crippen LogP contribution in [0.4, 0.5) is 33.3 Å². The summed E-state index contributed by atoms with van der Waals surface area (Å²) in [7, 11) is 0. The Morgan fingerprint density at radius 1 is 0.968 bits per heavy atom. The Bertz CT molecular complexity index is 1170. The van der Waals surface area contributed by atoms with Gasteiger partial charge in [0, 0.05) is 10.7 Å². The highest BCUT2D eigenvalue weighted by Gasteiger charge is 2.26. The molecule has 0 atom stereocenters. The van der Waals surface area contributed by atoms with Gasteiger partial charge in [-0.15, -0.1) is 0 Å². The van der Waals surface area contributed by atoms with E-state index in [9.17, 15) is 22.0 Å². The molecular weight excluding hydrogens is 459 g/mol. The van der Waals surface area contributed by atoms with E-state index in [-0.39, 0.29) is 5.11 Å². The molecule has 164 valence electrons. The minimum absolute atomic E-state index is 0.196. The number of thiocarbonyl (C=S) groups is 1. The van der Waals surface area contributed by atoms with Gasteiger partial charge in [-0.3, -0.25) is 4.68 Å². The Kier molecular flexibility index (Phi) is 6.51. The molecule has 0 aliphatic carbocycles. The van der Waals surface area contributed by atoms with Crippen molar-refractivity contribution in [3.8, 4) is 0 Å². The molecule has 2 N–H and O–H groups in total. The molecule has 0 amide bonds. The van der Waals surface area contributed by atoms with Gasteiger partial charge < -0.3 is 10.6 Å². The third-order valence-corrected chi connectivity index (χ3v) is 5.27. The van der Waals surface area contributed by atoms with Gasteiger partial charge in [0.05, 0.1) is 29.2 Å². The van der Waals surface area contributed by atoms with Crippen molar-refractivity contribution in [2.75, 3.05) is 10.6 Å². The zero-order valence-corrected chi connectivity index (χ0v) is 18.1. The summed E-state index contributed by atoms with van der Waals surface area (Å²) >= 11 is 11.4. The molecular formula is C20H16ClF5N4S. The lowest BCUT2D eigenvalue weighted by atomic mass is 10.1. The Morgan fingerprint density at radius 2 is 1.55 bits per heavy atom. The molecule has 0 unspecified atom stereocenters. The van der Waals surface area contributed by atoms with Crippen LogP contribution >= 0.6 is 23.8 Å². The van der Waals surface area contributed by atoms with Crippen LogP contribution in [0.2, 0.25) is 5.02 Å². The van der Waals surface area contributed by atoms with E-state index in [0.29, 0.717) is 27.8 Å². The molecule has 0 radical (unpaired) electrons. The zero-order chi connectivity index (χ0) is 23.0. The maximum Gasteiger partial charge on any atom is 0.200 e. The second-order valence-corrected chi connectivity index (χ2v) is 7.61. The van der Waals surface area contributed by atoms with Gasteiger partial charge in [0.15, 0.2) is 28.4 Å². The van der Waals surface area contributed by atoms with E-state index in [1.807, 2.05) is 13.0 Å². The van der Waals surface area contributed by atoms with Crippen LogP contribution in [0.3, 0.4) is 0 Å². The van der Waals surface area contributed by atoms with E-state index in [1.165, 1.54) is 0 Å². The Hall–Kier alpha value is -2.72. The number of rotatable bonds is 4. The predicted molar refractivity (Wildman–Crippen MR) is 113 cm³/mol. The van der Waals surface area contributed by atoms with Gasteiger partial charge >= 0.3 is 0 Å². The summed E-state index contributed by atoms with van der Waals surface area (Å²) in [6.07, 6.45) is 0. The molecule has 0 spiro atoms. The van der Waals surface area contributed by atoms with E-state index in [4.69, 9.17) is 23.8 Å². The smallest absolute Gasteiger partial charge is 0.200 e. The number of aryl methyl sites for hydroxylation is 2. The summed E-state index contributed by atoms with van der Waals surface area (Å²) < 4.78 is 69.4. The topological polar surface area (TPSA) is 41.9 Å². The van der Waals surface area contributed by atoms with Crippen LogP contribution < -0.4 is 10.6 Å². The van der Waals surface area contributed by atoms with Crippen molar-refractivity contribution >= 4 is 40.3 Å². The number of hydrogen-bond donors (Lipinski definition) is 2. The monoisotopic (exact) mass is 474 g/mol. The molecule has 0 fully saturated rings. The molecule has 0 saturated heterocycles.